The first-order valence-corrected chi connectivity index (χ1v) is 8.57. The van der Waals surface area contributed by atoms with Crippen LogP contribution in [-0.4, -0.2) is 60.5 Å². The lowest BCUT2D eigenvalue weighted by Gasteiger charge is -2.26. The van der Waals surface area contributed by atoms with Crippen LogP contribution in [0.1, 0.15) is 27.7 Å². The molecule has 0 aliphatic carbocycles. The molecule has 0 unspecified atom stereocenters. The lowest BCUT2D eigenvalue weighted by Crippen LogP contribution is -2.40. The van der Waals surface area contributed by atoms with E-state index in [1.54, 1.807) is 4.31 Å². The van der Waals surface area contributed by atoms with Gasteiger partial charge in [-0.15, -0.1) is 0 Å². The Bertz CT molecular complexity index is 467. The van der Waals surface area contributed by atoms with Gasteiger partial charge in [-0.05, 0) is 25.1 Å². The average Bonchev–Trinajstić information content (AvgIpc) is 2.92. The molecule has 7 heteroatoms. The van der Waals surface area contributed by atoms with E-state index in [0.29, 0.717) is 13.1 Å². The van der Waals surface area contributed by atoms with E-state index in [-0.39, 0.29) is 10.9 Å². The summed E-state index contributed by atoms with van der Waals surface area (Å²) < 4.78 is 26.7. The third-order valence-corrected chi connectivity index (χ3v) is 5.02. The normalized spacial score (nSPS) is 12.8. The second kappa shape index (κ2) is 7.75. The van der Waals surface area contributed by atoms with E-state index in [0.717, 1.165) is 19.6 Å². The van der Waals surface area contributed by atoms with Gasteiger partial charge in [0, 0.05) is 19.6 Å². The highest BCUT2D eigenvalue weighted by atomic mass is 32.2. The van der Waals surface area contributed by atoms with Crippen molar-refractivity contribution in [1.29, 1.82) is 0 Å². The summed E-state index contributed by atoms with van der Waals surface area (Å²) in [5, 5.41) is 6.45. The van der Waals surface area contributed by atoms with Crippen molar-refractivity contribution in [3.05, 3.63) is 12.3 Å². The van der Waals surface area contributed by atoms with Crippen LogP contribution in [0, 0.1) is 5.92 Å². The van der Waals surface area contributed by atoms with Crippen molar-refractivity contribution in [2.24, 2.45) is 5.92 Å². The number of nitrogens with zero attached hydrogens (tertiary/aromatic N) is 3. The number of sulfonamides is 1. The summed E-state index contributed by atoms with van der Waals surface area (Å²) in [6.07, 6.45) is 1.46. The highest BCUT2D eigenvalue weighted by Crippen LogP contribution is 2.14. The molecular formula is C13H26N4O2S. The van der Waals surface area contributed by atoms with Crippen LogP contribution in [-0.2, 0) is 10.0 Å². The van der Waals surface area contributed by atoms with Crippen molar-refractivity contribution in [1.82, 2.24) is 19.4 Å². The number of hydrogen-bond acceptors (Lipinski definition) is 4. The molecule has 0 radical (unpaired) electrons. The van der Waals surface area contributed by atoms with Crippen LogP contribution in [0.25, 0.3) is 0 Å². The zero-order chi connectivity index (χ0) is 15.2. The SMILES string of the molecule is CCN(CC)CCN(CC(C)C)S(=O)(=O)c1ccn[nH]1. The monoisotopic (exact) mass is 302 g/mol. The van der Waals surface area contributed by atoms with E-state index >= 15 is 0 Å². The minimum atomic E-state index is -3.48. The lowest BCUT2D eigenvalue weighted by atomic mass is 10.2. The first kappa shape index (κ1) is 17.1. The van der Waals surface area contributed by atoms with Crippen LogP contribution in [0.5, 0.6) is 0 Å². The Balaban J connectivity index is 2.84. The smallest absolute Gasteiger partial charge is 0.260 e. The van der Waals surface area contributed by atoms with Gasteiger partial charge < -0.3 is 4.90 Å². The Labute approximate surface area is 122 Å². The number of likely N-dealkylation sites (N-methyl/N-ethyl adjacent to an activating group) is 1. The minimum absolute atomic E-state index is 0.165. The number of H-pyrrole nitrogens is 1. The third-order valence-electron chi connectivity index (χ3n) is 3.22. The van der Waals surface area contributed by atoms with Crippen molar-refractivity contribution < 1.29 is 8.42 Å². The predicted molar refractivity (Wildman–Crippen MR) is 80.0 cm³/mol. The molecule has 1 aromatic heterocycles. The molecule has 116 valence electrons. The molecule has 0 saturated carbocycles. The zero-order valence-electron chi connectivity index (χ0n) is 12.8. The molecule has 0 atom stereocenters. The number of rotatable bonds is 9. The summed E-state index contributed by atoms with van der Waals surface area (Å²) in [7, 11) is -3.48. The molecule has 0 amide bonds. The molecule has 1 rings (SSSR count). The van der Waals surface area contributed by atoms with Crippen molar-refractivity contribution >= 4 is 10.0 Å². The van der Waals surface area contributed by atoms with Crippen molar-refractivity contribution in [3.63, 3.8) is 0 Å². The van der Waals surface area contributed by atoms with Gasteiger partial charge in [-0.3, -0.25) is 5.10 Å². The maximum Gasteiger partial charge on any atom is 0.260 e. The maximum absolute atomic E-state index is 12.6. The molecule has 1 heterocycles. The van der Waals surface area contributed by atoms with Crippen LogP contribution < -0.4 is 0 Å². The highest BCUT2D eigenvalue weighted by molar-refractivity contribution is 7.89. The van der Waals surface area contributed by atoms with Crippen LogP contribution >= 0.6 is 0 Å². The van der Waals surface area contributed by atoms with E-state index < -0.39 is 10.0 Å². The average molecular weight is 302 g/mol. The summed E-state index contributed by atoms with van der Waals surface area (Å²) in [5.74, 6) is 0.282. The standard InChI is InChI=1S/C13H26N4O2S/c1-5-16(6-2)9-10-17(11-12(3)4)20(18,19)13-7-8-14-15-13/h7-8,12H,5-6,9-11H2,1-4H3,(H,14,15). The fraction of sp³-hybridized carbons (Fsp3) is 0.769. The fourth-order valence-electron chi connectivity index (χ4n) is 2.04. The third kappa shape index (κ3) is 4.57. The molecule has 1 N–H and O–H groups in total. The van der Waals surface area contributed by atoms with E-state index in [2.05, 4.69) is 28.9 Å². The van der Waals surface area contributed by atoms with E-state index in [1.165, 1.54) is 12.3 Å². The molecule has 6 nitrogen and oxygen atoms in total. The molecule has 0 aliphatic heterocycles. The largest absolute Gasteiger partial charge is 0.303 e. The van der Waals surface area contributed by atoms with Crippen LogP contribution in [0.4, 0.5) is 0 Å². The highest BCUT2D eigenvalue weighted by Gasteiger charge is 2.26. The molecule has 0 spiro atoms. The molecule has 20 heavy (non-hydrogen) atoms. The van der Waals surface area contributed by atoms with Gasteiger partial charge in [0.2, 0.25) is 0 Å². The zero-order valence-corrected chi connectivity index (χ0v) is 13.7. The Hall–Kier alpha value is -0.920. The van der Waals surface area contributed by atoms with Crippen molar-refractivity contribution in [2.75, 3.05) is 32.7 Å². The number of aromatic amines is 1. The van der Waals surface area contributed by atoms with Gasteiger partial charge in [-0.1, -0.05) is 27.7 Å². The second-order valence-corrected chi connectivity index (χ2v) is 7.11. The Morgan fingerprint density at radius 3 is 2.35 bits per heavy atom. The number of nitrogens with one attached hydrogen (secondary N) is 1. The van der Waals surface area contributed by atoms with E-state index in [9.17, 15) is 8.42 Å². The van der Waals surface area contributed by atoms with Crippen molar-refractivity contribution in [3.8, 4) is 0 Å². The summed E-state index contributed by atoms with van der Waals surface area (Å²) in [4.78, 5) is 2.22. The molecule has 0 bridgehead atoms. The fourth-order valence-corrected chi connectivity index (χ4v) is 3.53. The van der Waals surface area contributed by atoms with E-state index in [1.807, 2.05) is 13.8 Å². The van der Waals surface area contributed by atoms with E-state index in [4.69, 9.17) is 0 Å². The minimum Gasteiger partial charge on any atom is -0.303 e. The molecule has 0 aliphatic rings. The van der Waals surface area contributed by atoms with Gasteiger partial charge in [0.05, 0.1) is 6.20 Å². The van der Waals surface area contributed by atoms with Gasteiger partial charge in [-0.2, -0.15) is 9.40 Å². The molecule has 0 fully saturated rings. The molecular weight excluding hydrogens is 276 g/mol. The lowest BCUT2D eigenvalue weighted by molar-refractivity contribution is 0.262. The van der Waals surface area contributed by atoms with Gasteiger partial charge in [0.15, 0.2) is 5.03 Å². The van der Waals surface area contributed by atoms with Gasteiger partial charge in [0.1, 0.15) is 0 Å². The molecule has 0 saturated heterocycles. The first-order valence-electron chi connectivity index (χ1n) is 7.13. The first-order chi connectivity index (χ1) is 9.41. The van der Waals surface area contributed by atoms with Crippen LogP contribution in [0.3, 0.4) is 0 Å². The number of hydrogen-bond donors (Lipinski definition) is 1. The second-order valence-electron chi connectivity index (χ2n) is 5.20. The molecule has 0 aromatic carbocycles. The van der Waals surface area contributed by atoms with Crippen molar-refractivity contribution in [2.45, 2.75) is 32.7 Å². The maximum atomic E-state index is 12.6. The van der Waals surface area contributed by atoms with Gasteiger partial charge in [0.25, 0.3) is 10.0 Å². The predicted octanol–water partition coefficient (Wildman–Crippen LogP) is 1.40. The van der Waals surface area contributed by atoms with Crippen LogP contribution in [0.2, 0.25) is 0 Å². The quantitative estimate of drug-likeness (QED) is 0.748. The van der Waals surface area contributed by atoms with Gasteiger partial charge >= 0.3 is 0 Å². The summed E-state index contributed by atoms with van der Waals surface area (Å²) in [5.41, 5.74) is 0. The summed E-state index contributed by atoms with van der Waals surface area (Å²) in [6.45, 7) is 11.8. The topological polar surface area (TPSA) is 69.3 Å². The number of aromatic nitrogens is 2. The Morgan fingerprint density at radius 2 is 1.90 bits per heavy atom. The Kier molecular flexibility index (Phi) is 6.64. The summed E-state index contributed by atoms with van der Waals surface area (Å²) >= 11 is 0. The molecule has 1 aromatic rings. The van der Waals surface area contributed by atoms with Crippen LogP contribution in [0.15, 0.2) is 17.3 Å². The Morgan fingerprint density at radius 1 is 1.25 bits per heavy atom. The van der Waals surface area contributed by atoms with Gasteiger partial charge in [-0.25, -0.2) is 8.42 Å². The summed E-state index contributed by atoms with van der Waals surface area (Å²) in [6, 6.07) is 1.50.